The summed E-state index contributed by atoms with van der Waals surface area (Å²) in [5, 5.41) is 5.06. The Labute approximate surface area is 158 Å². The number of hydrogen-bond acceptors (Lipinski definition) is 3. The zero-order valence-corrected chi connectivity index (χ0v) is 15.5. The topological polar surface area (TPSA) is 53.6 Å². The number of H-pyrrole nitrogens is 1. The van der Waals surface area contributed by atoms with Crippen LogP contribution < -0.4 is 5.32 Å². The number of aromatic nitrogens is 3. The average molecular weight is 414 g/mol. The van der Waals surface area contributed by atoms with Gasteiger partial charge >= 0.3 is 0 Å². The van der Waals surface area contributed by atoms with E-state index in [0.29, 0.717) is 6.54 Å². The molecule has 0 aliphatic heterocycles. The van der Waals surface area contributed by atoms with Crippen LogP contribution in [-0.2, 0) is 6.54 Å². The minimum atomic E-state index is 0.644. The normalized spacial score (nSPS) is 11.0. The van der Waals surface area contributed by atoms with Crippen molar-refractivity contribution in [1.29, 1.82) is 0 Å². The minimum absolute atomic E-state index is 0.644. The van der Waals surface area contributed by atoms with Crippen molar-refractivity contribution in [3.63, 3.8) is 0 Å². The molecular formula is C19H14BrClN4. The first kappa shape index (κ1) is 16.1. The Morgan fingerprint density at radius 3 is 2.68 bits per heavy atom. The Bertz CT molecular complexity index is 1030. The maximum absolute atomic E-state index is 6.04. The molecule has 2 heterocycles. The van der Waals surface area contributed by atoms with E-state index in [1.54, 1.807) is 6.33 Å². The summed E-state index contributed by atoms with van der Waals surface area (Å²) in [6.07, 6.45) is 1.56. The van der Waals surface area contributed by atoms with E-state index in [9.17, 15) is 0 Å². The highest BCUT2D eigenvalue weighted by atomic mass is 79.9. The summed E-state index contributed by atoms with van der Waals surface area (Å²) in [6.45, 7) is 0.644. The van der Waals surface area contributed by atoms with Crippen molar-refractivity contribution in [2.75, 3.05) is 5.32 Å². The lowest BCUT2D eigenvalue weighted by Crippen LogP contribution is -2.01. The molecule has 0 aliphatic rings. The van der Waals surface area contributed by atoms with Crippen LogP contribution >= 0.6 is 27.5 Å². The Balaban J connectivity index is 1.64. The van der Waals surface area contributed by atoms with Crippen LogP contribution in [0.3, 0.4) is 0 Å². The first-order valence-corrected chi connectivity index (χ1v) is 8.94. The predicted molar refractivity (Wildman–Crippen MR) is 106 cm³/mol. The molecular weight excluding hydrogens is 400 g/mol. The number of aromatic amines is 1. The van der Waals surface area contributed by atoms with Gasteiger partial charge in [0.2, 0.25) is 0 Å². The summed E-state index contributed by atoms with van der Waals surface area (Å²) in [5.41, 5.74) is 4.01. The van der Waals surface area contributed by atoms with Gasteiger partial charge in [-0.1, -0.05) is 51.8 Å². The van der Waals surface area contributed by atoms with Gasteiger partial charge < -0.3 is 10.3 Å². The maximum atomic E-state index is 6.04. The molecule has 2 N–H and O–H groups in total. The lowest BCUT2D eigenvalue weighted by molar-refractivity contribution is 1.10. The number of benzene rings is 2. The molecule has 25 heavy (non-hydrogen) atoms. The molecule has 0 fully saturated rings. The van der Waals surface area contributed by atoms with Gasteiger partial charge in [0.05, 0.1) is 5.39 Å². The zero-order valence-electron chi connectivity index (χ0n) is 13.1. The fraction of sp³-hybridized carbons (Fsp3) is 0.0526. The number of hydrogen-bond donors (Lipinski definition) is 2. The van der Waals surface area contributed by atoms with Gasteiger partial charge in [-0.2, -0.15) is 0 Å². The molecule has 124 valence electrons. The van der Waals surface area contributed by atoms with E-state index in [4.69, 9.17) is 11.6 Å². The molecule has 4 aromatic rings. The van der Waals surface area contributed by atoms with Gasteiger partial charge in [0, 0.05) is 21.7 Å². The zero-order chi connectivity index (χ0) is 17.2. The molecule has 0 atom stereocenters. The third kappa shape index (κ3) is 3.52. The highest BCUT2D eigenvalue weighted by Gasteiger charge is 2.09. The third-order valence-corrected chi connectivity index (χ3v) is 4.69. The monoisotopic (exact) mass is 412 g/mol. The van der Waals surface area contributed by atoms with E-state index in [2.05, 4.69) is 54.4 Å². The van der Waals surface area contributed by atoms with E-state index in [1.165, 1.54) is 0 Å². The summed E-state index contributed by atoms with van der Waals surface area (Å²) < 4.78 is 1.05. The van der Waals surface area contributed by atoms with Gasteiger partial charge in [-0.15, -0.1) is 0 Å². The van der Waals surface area contributed by atoms with Gasteiger partial charge in [-0.05, 0) is 41.5 Å². The maximum Gasteiger partial charge on any atom is 0.143 e. The molecule has 6 heteroatoms. The molecule has 2 aromatic heterocycles. The predicted octanol–water partition coefficient (Wildman–Crippen LogP) is 5.65. The highest BCUT2D eigenvalue weighted by molar-refractivity contribution is 9.10. The number of nitrogens with one attached hydrogen (secondary N) is 2. The molecule has 0 saturated heterocycles. The third-order valence-electron chi connectivity index (χ3n) is 3.93. The Morgan fingerprint density at radius 2 is 1.88 bits per heavy atom. The van der Waals surface area contributed by atoms with Crippen molar-refractivity contribution >= 4 is 44.4 Å². The van der Waals surface area contributed by atoms with Gasteiger partial charge in [0.1, 0.15) is 17.8 Å². The van der Waals surface area contributed by atoms with Gasteiger partial charge in [-0.25, -0.2) is 9.97 Å². The molecule has 2 aromatic carbocycles. The summed E-state index contributed by atoms with van der Waals surface area (Å²) in [6, 6.07) is 18.0. The van der Waals surface area contributed by atoms with E-state index < -0.39 is 0 Å². The molecule has 4 nitrogen and oxygen atoms in total. The molecule has 0 unspecified atom stereocenters. The van der Waals surface area contributed by atoms with Gasteiger partial charge in [0.15, 0.2) is 0 Å². The average Bonchev–Trinajstić information content (AvgIpc) is 3.05. The summed E-state index contributed by atoms with van der Waals surface area (Å²) in [5.74, 6) is 0.796. The molecule has 0 saturated carbocycles. The standard InChI is InChI=1S/C19H14BrClN4/c20-14-6-4-13(5-7-14)17-9-16-18(23-11-24-19(16)25-17)22-10-12-2-1-3-15(21)8-12/h1-9,11H,10H2,(H2,22,23,24,25). The van der Waals surface area contributed by atoms with E-state index in [1.807, 2.05) is 36.4 Å². The van der Waals surface area contributed by atoms with Crippen molar-refractivity contribution in [2.24, 2.45) is 0 Å². The first-order valence-electron chi connectivity index (χ1n) is 7.77. The second kappa shape index (κ2) is 6.86. The lowest BCUT2D eigenvalue weighted by atomic mass is 10.1. The van der Waals surface area contributed by atoms with Crippen molar-refractivity contribution < 1.29 is 0 Å². The molecule has 0 bridgehead atoms. The van der Waals surface area contributed by atoms with Gasteiger partial charge in [-0.3, -0.25) is 0 Å². The largest absolute Gasteiger partial charge is 0.365 e. The molecule has 4 rings (SSSR count). The Morgan fingerprint density at radius 1 is 1.04 bits per heavy atom. The number of fused-ring (bicyclic) bond motifs is 1. The van der Waals surface area contributed by atoms with Crippen molar-refractivity contribution in [2.45, 2.75) is 6.54 Å². The van der Waals surface area contributed by atoms with E-state index in [0.717, 1.165) is 43.2 Å². The Hall–Kier alpha value is -2.37. The number of rotatable bonds is 4. The smallest absolute Gasteiger partial charge is 0.143 e. The number of nitrogens with zero attached hydrogens (tertiary/aromatic N) is 2. The Kier molecular flexibility index (Phi) is 4.42. The van der Waals surface area contributed by atoms with Crippen LogP contribution in [0.5, 0.6) is 0 Å². The fourth-order valence-electron chi connectivity index (χ4n) is 2.70. The van der Waals surface area contributed by atoms with Crippen LogP contribution in [0.1, 0.15) is 5.56 Å². The summed E-state index contributed by atoms with van der Waals surface area (Å²) in [4.78, 5) is 12.1. The number of halogens is 2. The van der Waals surface area contributed by atoms with E-state index in [-0.39, 0.29) is 0 Å². The van der Waals surface area contributed by atoms with E-state index >= 15 is 0 Å². The quantitative estimate of drug-likeness (QED) is 0.454. The SMILES string of the molecule is Clc1cccc(CNc2ncnc3[nH]c(-c4ccc(Br)cc4)cc23)c1. The van der Waals surface area contributed by atoms with Crippen molar-refractivity contribution in [3.05, 3.63) is 76.0 Å². The van der Waals surface area contributed by atoms with Crippen LogP contribution in [-0.4, -0.2) is 15.0 Å². The molecule has 0 amide bonds. The van der Waals surface area contributed by atoms with Crippen molar-refractivity contribution in [1.82, 2.24) is 15.0 Å². The van der Waals surface area contributed by atoms with Crippen LogP contribution in [0, 0.1) is 0 Å². The summed E-state index contributed by atoms with van der Waals surface area (Å²) in [7, 11) is 0. The van der Waals surface area contributed by atoms with Crippen LogP contribution in [0.15, 0.2) is 65.4 Å². The fourth-order valence-corrected chi connectivity index (χ4v) is 3.18. The molecule has 0 radical (unpaired) electrons. The van der Waals surface area contributed by atoms with Gasteiger partial charge in [0.25, 0.3) is 0 Å². The van der Waals surface area contributed by atoms with Crippen molar-refractivity contribution in [3.8, 4) is 11.3 Å². The summed E-state index contributed by atoms with van der Waals surface area (Å²) >= 11 is 9.50. The number of anilines is 1. The van der Waals surface area contributed by atoms with Crippen LogP contribution in [0.2, 0.25) is 5.02 Å². The molecule has 0 spiro atoms. The van der Waals surface area contributed by atoms with Crippen LogP contribution in [0.4, 0.5) is 5.82 Å². The first-order chi connectivity index (χ1) is 12.2. The second-order valence-electron chi connectivity index (χ2n) is 5.66. The lowest BCUT2D eigenvalue weighted by Gasteiger charge is -2.06. The minimum Gasteiger partial charge on any atom is -0.365 e. The highest BCUT2D eigenvalue weighted by Crippen LogP contribution is 2.28. The van der Waals surface area contributed by atoms with Crippen LogP contribution in [0.25, 0.3) is 22.3 Å². The molecule has 0 aliphatic carbocycles. The second-order valence-corrected chi connectivity index (χ2v) is 7.01.